The van der Waals surface area contributed by atoms with Crippen molar-refractivity contribution >= 4 is 22.2 Å². The Hall–Kier alpha value is -1.03. The van der Waals surface area contributed by atoms with Gasteiger partial charge in [-0.2, -0.15) is 0 Å². The Kier molecular flexibility index (Phi) is 2.48. The van der Waals surface area contributed by atoms with Crippen molar-refractivity contribution < 1.29 is 4.74 Å². The van der Waals surface area contributed by atoms with Gasteiger partial charge < -0.3 is 10.5 Å². The van der Waals surface area contributed by atoms with Gasteiger partial charge in [0.1, 0.15) is 11.5 Å². The number of rotatable bonds is 3. The molecule has 0 aliphatic carbocycles. The number of aromatic nitrogens is 1. The molecule has 0 spiro atoms. The molecule has 2 N–H and O–H groups in total. The second-order valence-electron chi connectivity index (χ2n) is 1.93. The molecule has 0 amide bonds. The third-order valence-corrected chi connectivity index (χ3v) is 1.80. The predicted octanol–water partition coefficient (Wildman–Crippen LogP) is 1.73. The molecule has 1 aromatic heterocycles. The average molecular weight is 170 g/mol. The fourth-order valence-corrected chi connectivity index (χ4v) is 1.23. The second-order valence-corrected chi connectivity index (χ2v) is 2.82. The van der Waals surface area contributed by atoms with E-state index in [0.717, 1.165) is 5.69 Å². The zero-order valence-electron chi connectivity index (χ0n) is 6.33. The van der Waals surface area contributed by atoms with Crippen molar-refractivity contribution in [1.29, 1.82) is 0 Å². The minimum absolute atomic E-state index is 0.542. The van der Waals surface area contributed by atoms with E-state index in [0.29, 0.717) is 17.5 Å². The van der Waals surface area contributed by atoms with Crippen LogP contribution in [0.25, 0.3) is 5.76 Å². The third-order valence-electron chi connectivity index (χ3n) is 1.13. The number of anilines is 1. The largest absolute Gasteiger partial charge is 0.492 e. The van der Waals surface area contributed by atoms with Crippen molar-refractivity contribution in [3.05, 3.63) is 17.7 Å². The highest BCUT2D eigenvalue weighted by Gasteiger charge is 2.02. The van der Waals surface area contributed by atoms with Crippen molar-refractivity contribution in [2.75, 3.05) is 12.3 Å². The van der Waals surface area contributed by atoms with Gasteiger partial charge in [0, 0.05) is 5.38 Å². The fourth-order valence-electron chi connectivity index (χ4n) is 0.664. The summed E-state index contributed by atoms with van der Waals surface area (Å²) < 4.78 is 5.14. The predicted molar refractivity (Wildman–Crippen MR) is 47.2 cm³/mol. The first-order valence-electron chi connectivity index (χ1n) is 3.27. The number of hydrogen-bond acceptors (Lipinski definition) is 4. The van der Waals surface area contributed by atoms with Crippen molar-refractivity contribution in [1.82, 2.24) is 4.98 Å². The van der Waals surface area contributed by atoms with E-state index in [2.05, 4.69) is 11.6 Å². The molecule has 0 saturated heterocycles. The summed E-state index contributed by atoms with van der Waals surface area (Å²) in [6.07, 6.45) is 0. The Labute approximate surface area is 69.5 Å². The highest BCUT2D eigenvalue weighted by molar-refractivity contribution is 7.13. The van der Waals surface area contributed by atoms with E-state index in [1.165, 1.54) is 11.3 Å². The highest BCUT2D eigenvalue weighted by atomic mass is 32.1. The summed E-state index contributed by atoms with van der Waals surface area (Å²) in [6, 6.07) is 0. The molecule has 60 valence electrons. The average Bonchev–Trinajstić information content (AvgIpc) is 2.36. The van der Waals surface area contributed by atoms with Crippen LogP contribution < -0.4 is 5.73 Å². The van der Waals surface area contributed by atoms with E-state index < -0.39 is 0 Å². The van der Waals surface area contributed by atoms with Gasteiger partial charge in [-0.15, -0.1) is 11.3 Å². The SMILES string of the molecule is C=C(OCC)c1csc(N)n1. The summed E-state index contributed by atoms with van der Waals surface area (Å²) in [6.45, 7) is 6.21. The van der Waals surface area contributed by atoms with E-state index in [-0.39, 0.29) is 0 Å². The minimum atomic E-state index is 0.542. The molecule has 11 heavy (non-hydrogen) atoms. The maximum atomic E-state index is 5.42. The lowest BCUT2D eigenvalue weighted by atomic mass is 10.4. The lowest BCUT2D eigenvalue weighted by Crippen LogP contribution is -1.90. The van der Waals surface area contributed by atoms with Crippen LogP contribution in [0.1, 0.15) is 12.6 Å². The van der Waals surface area contributed by atoms with Gasteiger partial charge >= 0.3 is 0 Å². The molecule has 0 bridgehead atoms. The molecular formula is C7H10N2OS. The summed E-state index contributed by atoms with van der Waals surface area (Å²) in [5, 5.41) is 2.37. The highest BCUT2D eigenvalue weighted by Crippen LogP contribution is 2.18. The molecule has 0 fully saturated rings. The van der Waals surface area contributed by atoms with Gasteiger partial charge in [-0.3, -0.25) is 0 Å². The molecule has 0 aliphatic rings. The molecule has 0 unspecified atom stereocenters. The zero-order valence-corrected chi connectivity index (χ0v) is 7.15. The van der Waals surface area contributed by atoms with Crippen molar-refractivity contribution in [3.63, 3.8) is 0 Å². The number of ether oxygens (including phenoxy) is 1. The van der Waals surface area contributed by atoms with Gasteiger partial charge in [0.05, 0.1) is 6.61 Å². The van der Waals surface area contributed by atoms with Crippen LogP contribution in [-0.2, 0) is 4.74 Å². The summed E-state index contributed by atoms with van der Waals surface area (Å²) in [5.74, 6) is 0.584. The first-order valence-corrected chi connectivity index (χ1v) is 4.15. The molecule has 0 radical (unpaired) electrons. The lowest BCUT2D eigenvalue weighted by molar-refractivity contribution is 0.298. The van der Waals surface area contributed by atoms with Crippen LogP contribution in [-0.4, -0.2) is 11.6 Å². The topological polar surface area (TPSA) is 48.1 Å². The molecule has 0 aromatic carbocycles. The van der Waals surface area contributed by atoms with Gasteiger partial charge in [-0.25, -0.2) is 4.98 Å². The molecular weight excluding hydrogens is 160 g/mol. The smallest absolute Gasteiger partial charge is 0.180 e. The van der Waals surface area contributed by atoms with Crippen LogP contribution in [0, 0.1) is 0 Å². The molecule has 4 heteroatoms. The number of nitrogens with two attached hydrogens (primary N) is 1. The molecule has 0 aliphatic heterocycles. The Bertz CT molecular complexity index is 257. The van der Waals surface area contributed by atoms with Crippen LogP contribution in [0.4, 0.5) is 5.13 Å². The first kappa shape index (κ1) is 8.07. The summed E-state index contributed by atoms with van der Waals surface area (Å²) in [5.41, 5.74) is 6.15. The molecule has 1 rings (SSSR count). The first-order chi connectivity index (χ1) is 5.24. The molecule has 3 nitrogen and oxygen atoms in total. The number of thiazole rings is 1. The van der Waals surface area contributed by atoms with Crippen LogP contribution in [0.15, 0.2) is 12.0 Å². The van der Waals surface area contributed by atoms with Gasteiger partial charge in [0.25, 0.3) is 0 Å². The van der Waals surface area contributed by atoms with Crippen LogP contribution in [0.5, 0.6) is 0 Å². The number of hydrogen-bond donors (Lipinski definition) is 1. The quantitative estimate of drug-likeness (QED) is 0.703. The van der Waals surface area contributed by atoms with E-state index in [1.807, 2.05) is 12.3 Å². The Morgan fingerprint density at radius 2 is 2.64 bits per heavy atom. The van der Waals surface area contributed by atoms with E-state index >= 15 is 0 Å². The van der Waals surface area contributed by atoms with E-state index in [9.17, 15) is 0 Å². The van der Waals surface area contributed by atoms with Crippen LogP contribution in [0.3, 0.4) is 0 Å². The molecule has 1 aromatic rings. The minimum Gasteiger partial charge on any atom is -0.492 e. The summed E-state index contributed by atoms with van der Waals surface area (Å²) in [7, 11) is 0. The second kappa shape index (κ2) is 3.39. The maximum Gasteiger partial charge on any atom is 0.180 e. The number of nitrogen functional groups attached to an aromatic ring is 1. The van der Waals surface area contributed by atoms with Gasteiger partial charge in [0.15, 0.2) is 5.13 Å². The summed E-state index contributed by atoms with van der Waals surface area (Å²) in [4.78, 5) is 4.00. The van der Waals surface area contributed by atoms with Crippen molar-refractivity contribution in [2.45, 2.75) is 6.92 Å². The normalized spacial score (nSPS) is 9.55. The monoisotopic (exact) mass is 170 g/mol. The molecule has 0 saturated carbocycles. The Morgan fingerprint density at radius 1 is 1.91 bits per heavy atom. The van der Waals surface area contributed by atoms with Crippen molar-refractivity contribution in [2.24, 2.45) is 0 Å². The summed E-state index contributed by atoms with van der Waals surface area (Å²) >= 11 is 1.38. The van der Waals surface area contributed by atoms with Crippen molar-refractivity contribution in [3.8, 4) is 0 Å². The third kappa shape index (κ3) is 1.94. The van der Waals surface area contributed by atoms with E-state index in [1.54, 1.807) is 0 Å². The van der Waals surface area contributed by atoms with Crippen LogP contribution >= 0.6 is 11.3 Å². The van der Waals surface area contributed by atoms with Gasteiger partial charge in [0.2, 0.25) is 0 Å². The molecule has 0 atom stereocenters. The Balaban J connectivity index is 2.69. The molecule has 1 heterocycles. The van der Waals surface area contributed by atoms with Crippen LogP contribution in [0.2, 0.25) is 0 Å². The maximum absolute atomic E-state index is 5.42. The lowest BCUT2D eigenvalue weighted by Gasteiger charge is -2.01. The number of nitrogens with zero attached hydrogens (tertiary/aromatic N) is 1. The zero-order chi connectivity index (χ0) is 8.27. The fraction of sp³-hybridized carbons (Fsp3) is 0.286. The van der Waals surface area contributed by atoms with E-state index in [4.69, 9.17) is 10.5 Å². The van der Waals surface area contributed by atoms with Gasteiger partial charge in [-0.1, -0.05) is 6.58 Å². The van der Waals surface area contributed by atoms with Gasteiger partial charge in [-0.05, 0) is 6.92 Å². The standard InChI is InChI=1S/C7H10N2OS/c1-3-10-5(2)6-4-11-7(8)9-6/h4H,2-3H2,1H3,(H2,8,9). The Morgan fingerprint density at radius 3 is 3.09 bits per heavy atom.